The molecule has 0 spiro atoms. The van der Waals surface area contributed by atoms with Gasteiger partial charge in [0.2, 0.25) is 0 Å². The fourth-order valence-corrected chi connectivity index (χ4v) is 4.13. The predicted octanol–water partition coefficient (Wildman–Crippen LogP) is 5.48. The van der Waals surface area contributed by atoms with Gasteiger partial charge in [-0.25, -0.2) is 0 Å². The van der Waals surface area contributed by atoms with Gasteiger partial charge in [-0.1, -0.05) is 72.8 Å². The van der Waals surface area contributed by atoms with E-state index in [4.69, 9.17) is 10.5 Å². The Balaban J connectivity index is 1.86. The molecule has 4 aromatic rings. The number of nitrogens with two attached hydrogens (primary N) is 1. The highest BCUT2D eigenvalue weighted by Gasteiger charge is 2.25. The second kappa shape index (κ2) is 8.92. The molecule has 1 aromatic heterocycles. The van der Waals surface area contributed by atoms with Gasteiger partial charge in [0.05, 0.1) is 18.4 Å². The minimum atomic E-state index is -0.406. The summed E-state index contributed by atoms with van der Waals surface area (Å²) in [4.78, 5) is 12.6. The summed E-state index contributed by atoms with van der Waals surface area (Å²) in [6.45, 7) is 2.71. The Morgan fingerprint density at radius 1 is 0.871 bits per heavy atom. The first kappa shape index (κ1) is 20.5. The van der Waals surface area contributed by atoms with Crippen molar-refractivity contribution < 1.29 is 9.53 Å². The highest BCUT2D eigenvalue weighted by atomic mass is 16.5. The minimum absolute atomic E-state index is 0.406. The summed E-state index contributed by atoms with van der Waals surface area (Å²) in [5.74, 6) is 0.435. The molecule has 4 heteroatoms. The molecule has 0 aliphatic rings. The van der Waals surface area contributed by atoms with E-state index in [-0.39, 0.29) is 0 Å². The summed E-state index contributed by atoms with van der Waals surface area (Å²) >= 11 is 0. The Morgan fingerprint density at radius 2 is 1.45 bits per heavy atom. The number of rotatable bonds is 7. The van der Waals surface area contributed by atoms with Crippen molar-refractivity contribution in [1.29, 1.82) is 0 Å². The zero-order valence-corrected chi connectivity index (χ0v) is 17.8. The molecule has 0 saturated carbocycles. The number of ether oxygens (including phenoxy) is 1. The quantitative estimate of drug-likeness (QED) is 0.438. The molecule has 1 heterocycles. The van der Waals surface area contributed by atoms with Gasteiger partial charge >= 0.3 is 0 Å². The normalized spacial score (nSPS) is 10.8. The van der Waals surface area contributed by atoms with Gasteiger partial charge in [-0.2, -0.15) is 0 Å². The molecule has 2 N–H and O–H groups in total. The Hall–Kier alpha value is -3.79. The number of carbonyl (C=O) groups is 1. The second-order valence-electron chi connectivity index (χ2n) is 7.53. The molecule has 3 aromatic carbocycles. The van der Waals surface area contributed by atoms with E-state index < -0.39 is 5.91 Å². The summed E-state index contributed by atoms with van der Waals surface area (Å²) < 4.78 is 7.49. The largest absolute Gasteiger partial charge is 0.497 e. The monoisotopic (exact) mass is 410 g/mol. The van der Waals surface area contributed by atoms with Crippen molar-refractivity contribution in [3.8, 4) is 28.1 Å². The lowest BCUT2D eigenvalue weighted by Crippen LogP contribution is -2.13. The van der Waals surface area contributed by atoms with Crippen LogP contribution in [0.3, 0.4) is 0 Å². The Bertz CT molecular complexity index is 1180. The molecule has 0 aliphatic carbocycles. The van der Waals surface area contributed by atoms with Crippen LogP contribution in [0.1, 0.15) is 21.6 Å². The highest BCUT2D eigenvalue weighted by Crippen LogP contribution is 2.39. The average Bonchev–Trinajstić information content (AvgIpc) is 3.11. The average molecular weight is 411 g/mol. The number of primary amides is 1. The van der Waals surface area contributed by atoms with E-state index in [0.717, 1.165) is 46.8 Å². The lowest BCUT2D eigenvalue weighted by atomic mass is 9.96. The van der Waals surface area contributed by atoms with E-state index in [9.17, 15) is 4.79 Å². The topological polar surface area (TPSA) is 57.2 Å². The lowest BCUT2D eigenvalue weighted by molar-refractivity contribution is 0.1000. The molecule has 4 rings (SSSR count). The summed E-state index contributed by atoms with van der Waals surface area (Å²) in [5, 5.41) is 0. The van der Waals surface area contributed by atoms with Crippen molar-refractivity contribution in [3.05, 3.63) is 102 Å². The van der Waals surface area contributed by atoms with E-state index in [2.05, 4.69) is 28.8 Å². The zero-order chi connectivity index (χ0) is 21.8. The lowest BCUT2D eigenvalue weighted by Gasteiger charge is -2.14. The molecule has 156 valence electrons. The molecule has 0 fully saturated rings. The molecule has 1 amide bonds. The third kappa shape index (κ3) is 4.10. The van der Waals surface area contributed by atoms with Gasteiger partial charge in [0.15, 0.2) is 0 Å². The summed E-state index contributed by atoms with van der Waals surface area (Å²) in [6.07, 6.45) is 0.825. The van der Waals surface area contributed by atoms with Gasteiger partial charge < -0.3 is 15.0 Å². The van der Waals surface area contributed by atoms with E-state index in [1.165, 1.54) is 5.56 Å². The van der Waals surface area contributed by atoms with E-state index in [0.29, 0.717) is 5.56 Å². The van der Waals surface area contributed by atoms with Crippen LogP contribution in [0.25, 0.3) is 22.4 Å². The smallest absolute Gasteiger partial charge is 0.251 e. The third-order valence-electron chi connectivity index (χ3n) is 5.66. The Labute approximate surface area is 182 Å². The second-order valence-corrected chi connectivity index (χ2v) is 7.53. The SMILES string of the molecule is COc1ccc(CCn2c(C)c(C(N)=O)c(-c3ccccc3)c2-c2ccccc2)cc1. The van der Waals surface area contributed by atoms with Gasteiger partial charge in [-0.3, -0.25) is 4.79 Å². The molecule has 31 heavy (non-hydrogen) atoms. The standard InChI is InChI=1S/C27H26N2O2/c1-19-24(27(28)30)25(21-9-5-3-6-10-21)26(22-11-7-4-8-12-22)29(19)18-17-20-13-15-23(31-2)16-14-20/h3-16H,17-18H2,1-2H3,(H2,28,30). The van der Waals surface area contributed by atoms with Crippen LogP contribution in [0.2, 0.25) is 0 Å². The van der Waals surface area contributed by atoms with Crippen LogP contribution < -0.4 is 10.5 Å². The van der Waals surface area contributed by atoms with Crippen LogP contribution in [0.4, 0.5) is 0 Å². The molecule has 0 bridgehead atoms. The number of hydrogen-bond donors (Lipinski definition) is 1. The fraction of sp³-hybridized carbons (Fsp3) is 0.148. The molecule has 0 saturated heterocycles. The van der Waals surface area contributed by atoms with Crippen LogP contribution in [0.5, 0.6) is 5.75 Å². The van der Waals surface area contributed by atoms with E-state index in [1.54, 1.807) is 7.11 Å². The first-order valence-corrected chi connectivity index (χ1v) is 10.4. The van der Waals surface area contributed by atoms with E-state index >= 15 is 0 Å². The van der Waals surface area contributed by atoms with Gasteiger partial charge in [-0.15, -0.1) is 0 Å². The maximum Gasteiger partial charge on any atom is 0.251 e. The fourth-order valence-electron chi connectivity index (χ4n) is 4.13. The van der Waals surface area contributed by atoms with E-state index in [1.807, 2.05) is 67.6 Å². The zero-order valence-electron chi connectivity index (χ0n) is 17.8. The van der Waals surface area contributed by atoms with Crippen LogP contribution in [0, 0.1) is 6.92 Å². The van der Waals surface area contributed by atoms with Crippen molar-refractivity contribution >= 4 is 5.91 Å². The number of aryl methyl sites for hydroxylation is 1. The van der Waals surface area contributed by atoms with Crippen molar-refractivity contribution in [3.63, 3.8) is 0 Å². The van der Waals surface area contributed by atoms with Crippen LogP contribution in [-0.4, -0.2) is 17.6 Å². The molecule has 0 aliphatic heterocycles. The number of amides is 1. The molecule has 0 atom stereocenters. The number of carbonyl (C=O) groups excluding carboxylic acids is 1. The summed E-state index contributed by atoms with van der Waals surface area (Å²) in [5.41, 5.74) is 12.5. The number of hydrogen-bond acceptors (Lipinski definition) is 2. The first-order chi connectivity index (χ1) is 15.1. The Kier molecular flexibility index (Phi) is 5.89. The first-order valence-electron chi connectivity index (χ1n) is 10.4. The van der Waals surface area contributed by atoms with Crippen molar-refractivity contribution in [2.24, 2.45) is 5.73 Å². The molecule has 0 radical (unpaired) electrons. The number of methoxy groups -OCH3 is 1. The number of aromatic nitrogens is 1. The summed E-state index contributed by atoms with van der Waals surface area (Å²) in [7, 11) is 1.67. The van der Waals surface area contributed by atoms with Gasteiger partial charge in [0, 0.05) is 17.8 Å². The van der Waals surface area contributed by atoms with Crippen molar-refractivity contribution in [1.82, 2.24) is 4.57 Å². The summed E-state index contributed by atoms with van der Waals surface area (Å²) in [6, 6.07) is 28.3. The maximum absolute atomic E-state index is 12.6. The van der Waals surface area contributed by atoms with Crippen LogP contribution in [-0.2, 0) is 13.0 Å². The number of benzene rings is 3. The highest BCUT2D eigenvalue weighted by molar-refractivity contribution is 6.05. The predicted molar refractivity (Wildman–Crippen MR) is 125 cm³/mol. The number of nitrogens with zero attached hydrogens (tertiary/aromatic N) is 1. The molecular formula is C27H26N2O2. The van der Waals surface area contributed by atoms with Crippen LogP contribution >= 0.6 is 0 Å². The molecular weight excluding hydrogens is 384 g/mol. The van der Waals surface area contributed by atoms with Crippen LogP contribution in [0.15, 0.2) is 84.9 Å². The Morgan fingerprint density at radius 3 is 2.00 bits per heavy atom. The molecule has 0 unspecified atom stereocenters. The minimum Gasteiger partial charge on any atom is -0.497 e. The van der Waals surface area contributed by atoms with Gasteiger partial charge in [-0.05, 0) is 42.2 Å². The maximum atomic E-state index is 12.6. The van der Waals surface area contributed by atoms with Crippen molar-refractivity contribution in [2.45, 2.75) is 19.9 Å². The van der Waals surface area contributed by atoms with Gasteiger partial charge in [0.1, 0.15) is 5.75 Å². The third-order valence-corrected chi connectivity index (χ3v) is 5.66. The van der Waals surface area contributed by atoms with Crippen molar-refractivity contribution in [2.75, 3.05) is 7.11 Å². The van der Waals surface area contributed by atoms with Gasteiger partial charge in [0.25, 0.3) is 5.91 Å². The molecule has 4 nitrogen and oxygen atoms in total.